The van der Waals surface area contributed by atoms with Crippen molar-refractivity contribution in [2.45, 2.75) is 25.8 Å². The number of carbonyl (C=O) groups excluding carboxylic acids is 1. The molecule has 6 nitrogen and oxygen atoms in total. The van der Waals surface area contributed by atoms with Gasteiger partial charge in [0.05, 0.1) is 18.9 Å². The molecule has 2 aliphatic rings. The minimum Gasteiger partial charge on any atom is -0.379 e. The molecule has 0 saturated carbocycles. The van der Waals surface area contributed by atoms with Gasteiger partial charge in [0.2, 0.25) is 0 Å². The zero-order chi connectivity index (χ0) is 21.2. The Morgan fingerprint density at radius 1 is 1.10 bits per heavy atom. The van der Waals surface area contributed by atoms with E-state index in [0.29, 0.717) is 5.69 Å². The molecule has 1 aliphatic carbocycles. The molecule has 1 saturated heterocycles. The normalized spacial score (nSPS) is 16.3. The van der Waals surface area contributed by atoms with Crippen molar-refractivity contribution in [3.8, 4) is 5.69 Å². The SMILES string of the molecule is O=C(Nc1cccc(CN2CCOCC2)c1)c1nn(-c2ccc(F)cc2)c2c1CCC2. The van der Waals surface area contributed by atoms with Gasteiger partial charge in [0, 0.05) is 36.6 Å². The predicted octanol–water partition coefficient (Wildman–Crippen LogP) is 3.58. The molecule has 0 radical (unpaired) electrons. The molecular weight excluding hydrogens is 395 g/mol. The van der Waals surface area contributed by atoms with Crippen molar-refractivity contribution in [1.82, 2.24) is 14.7 Å². The van der Waals surface area contributed by atoms with E-state index in [1.165, 1.54) is 12.1 Å². The largest absolute Gasteiger partial charge is 0.379 e. The highest BCUT2D eigenvalue weighted by Crippen LogP contribution is 2.28. The standard InChI is InChI=1S/C24H25FN4O2/c25-18-7-9-20(10-8-18)29-22-6-2-5-21(22)23(27-29)24(30)26-19-4-1-3-17(15-19)16-28-11-13-31-14-12-28/h1,3-4,7-10,15H,2,5-6,11-14,16H2,(H,26,30). The van der Waals surface area contributed by atoms with Crippen molar-refractivity contribution in [2.24, 2.45) is 0 Å². The number of amides is 1. The number of anilines is 1. The third-order valence-corrected chi connectivity index (χ3v) is 5.91. The zero-order valence-electron chi connectivity index (χ0n) is 17.3. The number of hydrogen-bond acceptors (Lipinski definition) is 4. The molecule has 5 rings (SSSR count). The summed E-state index contributed by atoms with van der Waals surface area (Å²) in [7, 11) is 0. The van der Waals surface area contributed by atoms with E-state index >= 15 is 0 Å². The Labute approximate surface area is 180 Å². The number of hydrogen-bond donors (Lipinski definition) is 1. The molecule has 1 fully saturated rings. The number of carbonyl (C=O) groups is 1. The maximum absolute atomic E-state index is 13.3. The second kappa shape index (κ2) is 8.61. The van der Waals surface area contributed by atoms with Gasteiger partial charge >= 0.3 is 0 Å². The molecule has 1 aromatic heterocycles. The third-order valence-electron chi connectivity index (χ3n) is 5.91. The molecule has 2 heterocycles. The summed E-state index contributed by atoms with van der Waals surface area (Å²) in [5.41, 5.74) is 5.17. The first-order valence-corrected chi connectivity index (χ1v) is 10.7. The van der Waals surface area contributed by atoms with E-state index in [9.17, 15) is 9.18 Å². The number of ether oxygens (including phenoxy) is 1. The van der Waals surface area contributed by atoms with Crippen molar-refractivity contribution < 1.29 is 13.9 Å². The lowest BCUT2D eigenvalue weighted by atomic mass is 10.1. The van der Waals surface area contributed by atoms with Crippen molar-refractivity contribution in [3.63, 3.8) is 0 Å². The van der Waals surface area contributed by atoms with E-state index in [1.807, 2.05) is 18.2 Å². The summed E-state index contributed by atoms with van der Waals surface area (Å²) in [6.45, 7) is 4.20. The fourth-order valence-corrected chi connectivity index (χ4v) is 4.37. The summed E-state index contributed by atoms with van der Waals surface area (Å²) in [6, 6.07) is 14.2. The predicted molar refractivity (Wildman–Crippen MR) is 116 cm³/mol. The van der Waals surface area contributed by atoms with Gasteiger partial charge in [-0.1, -0.05) is 12.1 Å². The molecular formula is C24H25FN4O2. The zero-order valence-corrected chi connectivity index (χ0v) is 17.3. The monoisotopic (exact) mass is 420 g/mol. The summed E-state index contributed by atoms with van der Waals surface area (Å²) in [4.78, 5) is 15.4. The number of nitrogens with one attached hydrogen (secondary N) is 1. The highest BCUT2D eigenvalue weighted by Gasteiger charge is 2.27. The smallest absolute Gasteiger partial charge is 0.276 e. The lowest BCUT2D eigenvalue weighted by molar-refractivity contribution is 0.0342. The maximum atomic E-state index is 13.3. The Kier molecular flexibility index (Phi) is 5.53. The van der Waals surface area contributed by atoms with Crippen LogP contribution in [0, 0.1) is 5.82 Å². The van der Waals surface area contributed by atoms with E-state index in [-0.39, 0.29) is 11.7 Å². The number of morpholine rings is 1. The van der Waals surface area contributed by atoms with Crippen molar-refractivity contribution in [2.75, 3.05) is 31.6 Å². The fraction of sp³-hybridized carbons (Fsp3) is 0.333. The van der Waals surface area contributed by atoms with E-state index in [0.717, 1.165) is 80.3 Å². The Balaban J connectivity index is 1.36. The number of aromatic nitrogens is 2. The minimum absolute atomic E-state index is 0.206. The van der Waals surface area contributed by atoms with Crippen LogP contribution < -0.4 is 5.32 Å². The second-order valence-electron chi connectivity index (χ2n) is 8.06. The Morgan fingerprint density at radius 3 is 2.71 bits per heavy atom. The lowest BCUT2D eigenvalue weighted by Gasteiger charge is -2.26. The highest BCUT2D eigenvalue weighted by atomic mass is 19.1. The average molecular weight is 420 g/mol. The van der Waals surface area contributed by atoms with Crippen LogP contribution in [0.15, 0.2) is 48.5 Å². The first-order valence-electron chi connectivity index (χ1n) is 10.7. The van der Waals surface area contributed by atoms with Gasteiger partial charge in [0.25, 0.3) is 5.91 Å². The van der Waals surface area contributed by atoms with Gasteiger partial charge in [0.1, 0.15) is 5.82 Å². The van der Waals surface area contributed by atoms with Gasteiger partial charge in [-0.2, -0.15) is 5.10 Å². The molecule has 160 valence electrons. The van der Waals surface area contributed by atoms with Crippen LogP contribution in [0.1, 0.15) is 33.7 Å². The number of fused-ring (bicyclic) bond motifs is 1. The third kappa shape index (κ3) is 4.24. The van der Waals surface area contributed by atoms with E-state index in [4.69, 9.17) is 4.74 Å². The summed E-state index contributed by atoms with van der Waals surface area (Å²) >= 11 is 0. The van der Waals surface area contributed by atoms with Gasteiger partial charge in [-0.05, 0) is 61.2 Å². The van der Waals surface area contributed by atoms with Crippen LogP contribution >= 0.6 is 0 Å². The lowest BCUT2D eigenvalue weighted by Crippen LogP contribution is -2.35. The van der Waals surface area contributed by atoms with Crippen LogP contribution in [-0.2, 0) is 24.1 Å². The maximum Gasteiger partial charge on any atom is 0.276 e. The van der Waals surface area contributed by atoms with Gasteiger partial charge in [-0.3, -0.25) is 9.69 Å². The van der Waals surface area contributed by atoms with Crippen molar-refractivity contribution in [3.05, 3.63) is 76.9 Å². The van der Waals surface area contributed by atoms with Crippen LogP contribution in [0.4, 0.5) is 10.1 Å². The van der Waals surface area contributed by atoms with E-state index < -0.39 is 0 Å². The summed E-state index contributed by atoms with van der Waals surface area (Å²) in [5, 5.41) is 7.63. The van der Waals surface area contributed by atoms with E-state index in [2.05, 4.69) is 21.4 Å². The van der Waals surface area contributed by atoms with Gasteiger partial charge in [-0.25, -0.2) is 9.07 Å². The molecule has 0 unspecified atom stereocenters. The minimum atomic E-state index is -0.289. The number of rotatable bonds is 5. The molecule has 31 heavy (non-hydrogen) atoms. The van der Waals surface area contributed by atoms with Gasteiger partial charge < -0.3 is 10.1 Å². The average Bonchev–Trinajstić information content (AvgIpc) is 3.38. The molecule has 0 spiro atoms. The molecule has 0 bridgehead atoms. The Bertz CT molecular complexity index is 1090. The molecule has 1 aliphatic heterocycles. The number of halogens is 1. The molecule has 3 aromatic rings. The quantitative estimate of drug-likeness (QED) is 0.686. The van der Waals surface area contributed by atoms with Crippen LogP contribution in [0.5, 0.6) is 0 Å². The van der Waals surface area contributed by atoms with Crippen LogP contribution in [0.2, 0.25) is 0 Å². The second-order valence-corrected chi connectivity index (χ2v) is 8.06. The summed E-state index contributed by atoms with van der Waals surface area (Å²) in [5.74, 6) is -0.495. The number of benzene rings is 2. The molecule has 2 aromatic carbocycles. The van der Waals surface area contributed by atoms with Crippen LogP contribution in [-0.4, -0.2) is 46.9 Å². The molecule has 0 atom stereocenters. The molecule has 1 N–H and O–H groups in total. The molecule has 1 amide bonds. The topological polar surface area (TPSA) is 59.4 Å². The Hall–Kier alpha value is -3.03. The van der Waals surface area contributed by atoms with Crippen molar-refractivity contribution in [1.29, 1.82) is 0 Å². The van der Waals surface area contributed by atoms with Gasteiger partial charge in [0.15, 0.2) is 5.69 Å². The van der Waals surface area contributed by atoms with Crippen LogP contribution in [0.3, 0.4) is 0 Å². The molecule has 7 heteroatoms. The van der Waals surface area contributed by atoms with E-state index in [1.54, 1.807) is 16.8 Å². The summed E-state index contributed by atoms with van der Waals surface area (Å²) < 4.78 is 20.5. The number of nitrogens with zero attached hydrogens (tertiary/aromatic N) is 3. The fourth-order valence-electron chi connectivity index (χ4n) is 4.37. The summed E-state index contributed by atoms with van der Waals surface area (Å²) in [6.07, 6.45) is 2.68. The first kappa shape index (κ1) is 19.9. The Morgan fingerprint density at radius 2 is 1.90 bits per heavy atom. The highest BCUT2D eigenvalue weighted by molar-refractivity contribution is 6.04. The van der Waals surface area contributed by atoms with Crippen LogP contribution in [0.25, 0.3) is 5.69 Å². The van der Waals surface area contributed by atoms with Gasteiger partial charge in [-0.15, -0.1) is 0 Å². The van der Waals surface area contributed by atoms with Crippen molar-refractivity contribution >= 4 is 11.6 Å². The first-order chi connectivity index (χ1) is 15.2.